The van der Waals surface area contributed by atoms with E-state index in [9.17, 15) is 8.42 Å². The number of methoxy groups -OCH3 is 1. The second-order valence-corrected chi connectivity index (χ2v) is 8.98. The minimum Gasteiger partial charge on any atom is -0.495 e. The number of hydrogen-bond acceptors (Lipinski definition) is 7. The summed E-state index contributed by atoms with van der Waals surface area (Å²) in [5.74, 6) is 0.454. The average molecular weight is 431 g/mol. The van der Waals surface area contributed by atoms with E-state index in [2.05, 4.69) is 22.1 Å². The van der Waals surface area contributed by atoms with Crippen molar-refractivity contribution in [3.8, 4) is 5.75 Å². The molecule has 0 amide bonds. The van der Waals surface area contributed by atoms with Crippen molar-refractivity contribution in [1.82, 2.24) is 9.97 Å². The molecule has 0 fully saturated rings. The second kappa shape index (κ2) is 7.53. The van der Waals surface area contributed by atoms with Gasteiger partial charge in [-0.2, -0.15) is 4.98 Å². The maximum atomic E-state index is 13.1. The van der Waals surface area contributed by atoms with Crippen LogP contribution in [0.25, 0.3) is 0 Å². The monoisotopic (exact) mass is 430 g/mol. The number of anilines is 2. The maximum absolute atomic E-state index is 13.1. The van der Waals surface area contributed by atoms with Crippen molar-refractivity contribution in [2.24, 2.45) is 0 Å². The molecule has 29 heavy (non-hydrogen) atoms. The van der Waals surface area contributed by atoms with Crippen molar-refractivity contribution in [2.45, 2.75) is 22.8 Å². The van der Waals surface area contributed by atoms with Crippen molar-refractivity contribution in [3.63, 3.8) is 0 Å². The van der Waals surface area contributed by atoms with Crippen LogP contribution in [0.1, 0.15) is 11.1 Å². The zero-order chi connectivity index (χ0) is 20.6. The molecule has 0 spiro atoms. The Morgan fingerprint density at radius 2 is 1.90 bits per heavy atom. The first-order valence-corrected chi connectivity index (χ1v) is 10.8. The third-order valence-electron chi connectivity index (χ3n) is 4.89. The number of fused-ring (bicyclic) bond motifs is 1. The van der Waals surface area contributed by atoms with E-state index in [1.54, 1.807) is 6.07 Å². The lowest BCUT2D eigenvalue weighted by atomic mass is 10.0. The highest BCUT2D eigenvalue weighted by Crippen LogP contribution is 2.34. The lowest BCUT2D eigenvalue weighted by molar-refractivity contribution is 0.402. The van der Waals surface area contributed by atoms with Gasteiger partial charge in [-0.15, -0.1) is 0 Å². The molecule has 4 rings (SSSR count). The van der Waals surface area contributed by atoms with Gasteiger partial charge >= 0.3 is 0 Å². The van der Waals surface area contributed by atoms with Gasteiger partial charge in [0, 0.05) is 18.1 Å². The van der Waals surface area contributed by atoms with Gasteiger partial charge in [0.2, 0.25) is 15.8 Å². The summed E-state index contributed by atoms with van der Waals surface area (Å²) < 4.78 is 31.4. The topological polar surface area (TPSA) is 98.4 Å². The van der Waals surface area contributed by atoms with E-state index in [0.717, 1.165) is 13.0 Å². The summed E-state index contributed by atoms with van der Waals surface area (Å²) >= 11 is 5.99. The number of rotatable bonds is 4. The van der Waals surface area contributed by atoms with E-state index in [4.69, 9.17) is 22.1 Å². The third kappa shape index (κ3) is 3.61. The Hall–Kier alpha value is -2.84. The highest BCUT2D eigenvalue weighted by Gasteiger charge is 2.27. The molecule has 0 saturated carbocycles. The highest BCUT2D eigenvalue weighted by atomic mass is 35.5. The summed E-state index contributed by atoms with van der Waals surface area (Å²) in [4.78, 5) is 10.3. The van der Waals surface area contributed by atoms with E-state index in [1.807, 2.05) is 17.0 Å². The predicted octanol–water partition coefficient (Wildman–Crippen LogP) is 3.12. The molecule has 3 aromatic rings. The van der Waals surface area contributed by atoms with E-state index >= 15 is 0 Å². The lowest BCUT2D eigenvalue weighted by Crippen LogP contribution is -2.32. The number of nitrogen functional groups attached to an aromatic ring is 1. The molecule has 150 valence electrons. The van der Waals surface area contributed by atoms with E-state index in [0.29, 0.717) is 12.5 Å². The van der Waals surface area contributed by atoms with Gasteiger partial charge < -0.3 is 15.4 Å². The SMILES string of the molecule is COc1ccc(Cl)cc1S(=O)(=O)c1cnc(N2CCc3ccccc3C2)nc1N. The van der Waals surface area contributed by atoms with E-state index < -0.39 is 9.84 Å². The molecule has 2 aromatic carbocycles. The Morgan fingerprint density at radius 3 is 2.62 bits per heavy atom. The van der Waals surface area contributed by atoms with Crippen LogP contribution in [0.15, 0.2) is 58.5 Å². The molecule has 7 nitrogen and oxygen atoms in total. The molecule has 0 unspecified atom stereocenters. The Morgan fingerprint density at radius 1 is 1.14 bits per heavy atom. The minimum absolute atomic E-state index is 0.0811. The molecule has 1 aromatic heterocycles. The molecular weight excluding hydrogens is 412 g/mol. The number of halogens is 1. The van der Waals surface area contributed by atoms with Gasteiger partial charge in [-0.3, -0.25) is 0 Å². The van der Waals surface area contributed by atoms with Crippen molar-refractivity contribution >= 4 is 33.2 Å². The summed E-state index contributed by atoms with van der Waals surface area (Å²) in [6.45, 7) is 1.37. The Bertz CT molecular complexity index is 1180. The zero-order valence-electron chi connectivity index (χ0n) is 15.7. The normalized spacial score (nSPS) is 13.8. The summed E-state index contributed by atoms with van der Waals surface area (Å²) in [6.07, 6.45) is 2.10. The van der Waals surface area contributed by atoms with Crippen LogP contribution in [-0.2, 0) is 22.8 Å². The fourth-order valence-corrected chi connectivity index (χ4v) is 5.06. The van der Waals surface area contributed by atoms with Crippen LogP contribution in [0, 0.1) is 0 Å². The smallest absolute Gasteiger partial charge is 0.227 e. The maximum Gasteiger partial charge on any atom is 0.227 e. The van der Waals surface area contributed by atoms with Crippen LogP contribution in [0.2, 0.25) is 5.02 Å². The molecular formula is C20H19ClN4O3S. The average Bonchev–Trinajstić information content (AvgIpc) is 2.73. The zero-order valence-corrected chi connectivity index (χ0v) is 17.2. The van der Waals surface area contributed by atoms with Crippen LogP contribution >= 0.6 is 11.6 Å². The molecule has 1 aliphatic heterocycles. The molecule has 0 saturated heterocycles. The van der Waals surface area contributed by atoms with Crippen LogP contribution in [0.3, 0.4) is 0 Å². The third-order valence-corrected chi connectivity index (χ3v) is 6.92. The first kappa shape index (κ1) is 19.5. The predicted molar refractivity (Wildman–Crippen MR) is 111 cm³/mol. The summed E-state index contributed by atoms with van der Waals surface area (Å²) in [5.41, 5.74) is 8.54. The Kier molecular flexibility index (Phi) is 5.06. The number of aromatic nitrogens is 2. The van der Waals surface area contributed by atoms with Crippen LogP contribution in [0.4, 0.5) is 11.8 Å². The molecule has 2 heterocycles. The van der Waals surface area contributed by atoms with Gasteiger partial charge in [0.15, 0.2) is 0 Å². The summed E-state index contributed by atoms with van der Waals surface area (Å²) in [5, 5.41) is 0.271. The molecule has 0 bridgehead atoms. The van der Waals surface area contributed by atoms with Crippen molar-refractivity contribution < 1.29 is 13.2 Å². The molecule has 9 heteroatoms. The van der Waals surface area contributed by atoms with E-state index in [1.165, 1.54) is 36.6 Å². The van der Waals surface area contributed by atoms with Gasteiger partial charge in [-0.25, -0.2) is 13.4 Å². The first-order chi connectivity index (χ1) is 13.9. The largest absolute Gasteiger partial charge is 0.495 e. The minimum atomic E-state index is -4.01. The number of benzene rings is 2. The van der Waals surface area contributed by atoms with Gasteiger partial charge in [0.1, 0.15) is 21.4 Å². The molecule has 0 aliphatic carbocycles. The second-order valence-electron chi connectivity index (χ2n) is 6.66. The molecule has 0 radical (unpaired) electrons. The molecule has 1 aliphatic rings. The number of ether oxygens (including phenoxy) is 1. The fraction of sp³-hybridized carbons (Fsp3) is 0.200. The molecule has 0 atom stereocenters. The molecule has 2 N–H and O–H groups in total. The van der Waals surface area contributed by atoms with Crippen LogP contribution in [0.5, 0.6) is 5.75 Å². The Balaban J connectivity index is 1.69. The number of nitrogens with two attached hydrogens (primary N) is 1. The van der Waals surface area contributed by atoms with Gasteiger partial charge in [-0.05, 0) is 35.7 Å². The van der Waals surface area contributed by atoms with Gasteiger partial charge in [0.25, 0.3) is 0 Å². The standard InChI is InChI=1S/C20H19ClN4O3S/c1-28-16-7-6-15(21)10-17(16)29(26,27)18-11-23-20(24-19(18)22)25-9-8-13-4-2-3-5-14(13)12-25/h2-7,10-11H,8-9,12H2,1H3,(H2,22,23,24). The van der Waals surface area contributed by atoms with Crippen molar-refractivity contribution in [3.05, 3.63) is 64.8 Å². The van der Waals surface area contributed by atoms with Gasteiger partial charge in [-0.1, -0.05) is 35.9 Å². The quantitative estimate of drug-likeness (QED) is 0.678. The fourth-order valence-electron chi connectivity index (χ4n) is 3.38. The number of hydrogen-bond donors (Lipinski definition) is 1. The number of nitrogens with zero attached hydrogens (tertiary/aromatic N) is 3. The van der Waals surface area contributed by atoms with E-state index in [-0.39, 0.29) is 26.4 Å². The summed E-state index contributed by atoms with van der Waals surface area (Å²) in [7, 11) is -2.62. The Labute approximate surface area is 174 Å². The highest BCUT2D eigenvalue weighted by molar-refractivity contribution is 7.91. The summed E-state index contributed by atoms with van der Waals surface area (Å²) in [6, 6.07) is 12.6. The lowest BCUT2D eigenvalue weighted by Gasteiger charge is -2.29. The van der Waals surface area contributed by atoms with Crippen molar-refractivity contribution in [2.75, 3.05) is 24.3 Å². The van der Waals surface area contributed by atoms with Gasteiger partial charge in [0.05, 0.1) is 13.3 Å². The first-order valence-electron chi connectivity index (χ1n) is 8.93. The van der Waals surface area contributed by atoms with Crippen molar-refractivity contribution in [1.29, 1.82) is 0 Å². The van der Waals surface area contributed by atoms with Crippen LogP contribution in [-0.4, -0.2) is 32.0 Å². The van der Waals surface area contributed by atoms with Crippen LogP contribution < -0.4 is 15.4 Å². The number of sulfone groups is 1.